The van der Waals surface area contributed by atoms with Crippen LogP contribution in [0.15, 0.2) is 24.4 Å². The third-order valence-electron chi connectivity index (χ3n) is 3.71. The number of nitrogens with zero attached hydrogens (tertiary/aromatic N) is 2. The van der Waals surface area contributed by atoms with Crippen LogP contribution in [0.5, 0.6) is 0 Å². The molecule has 3 heterocycles. The number of pyridine rings is 1. The van der Waals surface area contributed by atoms with Crippen molar-refractivity contribution in [2.45, 2.75) is 32.2 Å². The molecule has 1 aliphatic heterocycles. The predicted molar refractivity (Wildman–Crippen MR) is 87.1 cm³/mol. The fraction of sp³-hybridized carbons (Fsp3) is 0.438. The number of hydrogen-bond acceptors (Lipinski definition) is 5. The Balaban J connectivity index is 1.56. The summed E-state index contributed by atoms with van der Waals surface area (Å²) in [5.41, 5.74) is 1.45. The minimum absolute atomic E-state index is 0.117. The lowest BCUT2D eigenvalue weighted by molar-refractivity contribution is 0.0949. The number of amides is 1. The molecule has 5 nitrogen and oxygen atoms in total. The molecular formula is C16H20N4OS. The maximum absolute atomic E-state index is 12.2. The van der Waals surface area contributed by atoms with E-state index in [1.165, 1.54) is 4.88 Å². The van der Waals surface area contributed by atoms with Gasteiger partial charge in [0.05, 0.1) is 10.7 Å². The van der Waals surface area contributed by atoms with Gasteiger partial charge in [-0.1, -0.05) is 6.07 Å². The Bertz CT molecular complexity index is 649. The first-order valence-corrected chi connectivity index (χ1v) is 8.44. The quantitative estimate of drug-likeness (QED) is 0.888. The lowest BCUT2D eigenvalue weighted by Crippen LogP contribution is -2.27. The van der Waals surface area contributed by atoms with Crippen molar-refractivity contribution in [3.8, 4) is 0 Å². The Kier molecular flexibility index (Phi) is 4.80. The van der Waals surface area contributed by atoms with E-state index < -0.39 is 0 Å². The molecule has 1 aliphatic rings. The average molecular weight is 316 g/mol. The van der Waals surface area contributed by atoms with Crippen LogP contribution >= 0.6 is 11.3 Å². The summed E-state index contributed by atoms with van der Waals surface area (Å²) in [5, 5.41) is 7.37. The Labute approximate surface area is 134 Å². The van der Waals surface area contributed by atoms with Crippen molar-refractivity contribution in [3.05, 3.63) is 45.7 Å². The third kappa shape index (κ3) is 3.69. The molecule has 6 heteroatoms. The first-order valence-electron chi connectivity index (χ1n) is 7.62. The zero-order valence-electron chi connectivity index (χ0n) is 12.6. The molecule has 0 spiro atoms. The summed E-state index contributed by atoms with van der Waals surface area (Å²) in [7, 11) is 0. The van der Waals surface area contributed by atoms with Crippen LogP contribution in [-0.2, 0) is 6.42 Å². The molecule has 0 unspecified atom stereocenters. The molecule has 1 saturated heterocycles. The monoisotopic (exact) mass is 316 g/mol. The van der Waals surface area contributed by atoms with Crippen molar-refractivity contribution in [1.82, 2.24) is 20.6 Å². The normalized spacial score (nSPS) is 17.6. The van der Waals surface area contributed by atoms with Crippen molar-refractivity contribution < 1.29 is 4.79 Å². The molecule has 1 amide bonds. The van der Waals surface area contributed by atoms with Gasteiger partial charge in [0.15, 0.2) is 0 Å². The highest BCUT2D eigenvalue weighted by Crippen LogP contribution is 2.21. The molecule has 0 aliphatic carbocycles. The smallest absolute Gasteiger partial charge is 0.269 e. The second-order valence-corrected chi connectivity index (χ2v) is 6.79. The third-order valence-corrected chi connectivity index (χ3v) is 4.69. The fourth-order valence-electron chi connectivity index (χ4n) is 2.60. The number of nitrogens with one attached hydrogen (secondary N) is 2. The highest BCUT2D eigenvalue weighted by Gasteiger charge is 2.18. The van der Waals surface area contributed by atoms with E-state index in [0.29, 0.717) is 12.2 Å². The molecule has 116 valence electrons. The molecule has 2 aromatic heterocycles. The van der Waals surface area contributed by atoms with Crippen LogP contribution in [0.25, 0.3) is 0 Å². The first-order chi connectivity index (χ1) is 10.7. The van der Waals surface area contributed by atoms with E-state index >= 15 is 0 Å². The van der Waals surface area contributed by atoms with Gasteiger partial charge in [-0.25, -0.2) is 9.97 Å². The number of carbonyl (C=O) groups is 1. The van der Waals surface area contributed by atoms with E-state index in [4.69, 9.17) is 0 Å². The van der Waals surface area contributed by atoms with Gasteiger partial charge in [-0.3, -0.25) is 4.79 Å². The van der Waals surface area contributed by atoms with Crippen LogP contribution < -0.4 is 10.6 Å². The van der Waals surface area contributed by atoms with Gasteiger partial charge < -0.3 is 10.6 Å². The molecular weight excluding hydrogens is 296 g/mol. The molecule has 2 aromatic rings. The summed E-state index contributed by atoms with van der Waals surface area (Å²) in [4.78, 5) is 22.2. The van der Waals surface area contributed by atoms with Crippen LogP contribution in [0.4, 0.5) is 0 Å². The summed E-state index contributed by atoms with van der Waals surface area (Å²) >= 11 is 1.67. The molecule has 0 bridgehead atoms. The number of aromatic nitrogens is 2. The molecule has 1 atom stereocenters. The Morgan fingerprint density at radius 1 is 1.50 bits per heavy atom. The molecule has 0 saturated carbocycles. The predicted octanol–water partition coefficient (Wildman–Crippen LogP) is 2.24. The number of thiazole rings is 1. The van der Waals surface area contributed by atoms with E-state index in [1.807, 2.05) is 25.3 Å². The summed E-state index contributed by atoms with van der Waals surface area (Å²) in [6.07, 6.45) is 4.87. The van der Waals surface area contributed by atoms with Gasteiger partial charge >= 0.3 is 0 Å². The van der Waals surface area contributed by atoms with Gasteiger partial charge in [0.1, 0.15) is 5.69 Å². The lowest BCUT2D eigenvalue weighted by Gasteiger charge is -2.11. The van der Waals surface area contributed by atoms with Crippen molar-refractivity contribution in [2.24, 2.45) is 0 Å². The zero-order valence-corrected chi connectivity index (χ0v) is 13.4. The van der Waals surface area contributed by atoms with E-state index in [0.717, 1.165) is 36.5 Å². The standard InChI is InChI=1S/C16H20N4OS/c1-11-10-19-15(22-11)7-9-18-16(21)14-5-2-4-13(20-14)12-6-3-8-17-12/h2,4-5,10,12,17H,3,6-9H2,1H3,(H,18,21)/t12-/m1/s1. The van der Waals surface area contributed by atoms with E-state index in [2.05, 4.69) is 20.6 Å². The molecule has 22 heavy (non-hydrogen) atoms. The number of hydrogen-bond donors (Lipinski definition) is 2. The summed E-state index contributed by atoms with van der Waals surface area (Å²) in [6, 6.07) is 5.94. The molecule has 2 N–H and O–H groups in total. The zero-order chi connectivity index (χ0) is 15.4. The minimum Gasteiger partial charge on any atom is -0.350 e. The minimum atomic E-state index is -0.117. The van der Waals surface area contributed by atoms with Crippen LogP contribution in [0.3, 0.4) is 0 Å². The summed E-state index contributed by atoms with van der Waals surface area (Å²) < 4.78 is 0. The van der Waals surface area contributed by atoms with Crippen molar-refractivity contribution in [1.29, 1.82) is 0 Å². The Morgan fingerprint density at radius 2 is 2.41 bits per heavy atom. The molecule has 0 radical (unpaired) electrons. The highest BCUT2D eigenvalue weighted by atomic mass is 32.1. The molecule has 3 rings (SSSR count). The Hall–Kier alpha value is -1.79. The number of aryl methyl sites for hydroxylation is 1. The second kappa shape index (κ2) is 6.98. The first kappa shape index (κ1) is 15.1. The lowest BCUT2D eigenvalue weighted by atomic mass is 10.1. The SMILES string of the molecule is Cc1cnc(CCNC(=O)c2cccc([C@H]3CCCN3)n2)s1. The van der Waals surface area contributed by atoms with E-state index in [9.17, 15) is 4.79 Å². The van der Waals surface area contributed by atoms with Crippen molar-refractivity contribution in [2.75, 3.05) is 13.1 Å². The van der Waals surface area contributed by atoms with Gasteiger partial charge in [-0.05, 0) is 38.4 Å². The van der Waals surface area contributed by atoms with Gasteiger partial charge in [0.25, 0.3) is 5.91 Å². The van der Waals surface area contributed by atoms with Gasteiger partial charge in [0.2, 0.25) is 0 Å². The van der Waals surface area contributed by atoms with Crippen LogP contribution in [0.2, 0.25) is 0 Å². The topological polar surface area (TPSA) is 66.9 Å². The van der Waals surface area contributed by atoms with Gasteiger partial charge in [-0.2, -0.15) is 0 Å². The maximum Gasteiger partial charge on any atom is 0.269 e. The van der Waals surface area contributed by atoms with Gasteiger partial charge in [0, 0.05) is 30.1 Å². The highest BCUT2D eigenvalue weighted by molar-refractivity contribution is 7.11. The van der Waals surface area contributed by atoms with Crippen molar-refractivity contribution >= 4 is 17.2 Å². The summed E-state index contributed by atoms with van der Waals surface area (Å²) in [5.74, 6) is -0.117. The van der Waals surface area contributed by atoms with Crippen LogP contribution in [-0.4, -0.2) is 29.0 Å². The number of carbonyl (C=O) groups excluding carboxylic acids is 1. The van der Waals surface area contributed by atoms with Gasteiger partial charge in [-0.15, -0.1) is 11.3 Å². The Morgan fingerprint density at radius 3 is 3.14 bits per heavy atom. The second-order valence-electron chi connectivity index (χ2n) is 5.47. The van der Waals surface area contributed by atoms with E-state index in [1.54, 1.807) is 17.4 Å². The van der Waals surface area contributed by atoms with E-state index in [-0.39, 0.29) is 11.9 Å². The molecule has 0 aromatic carbocycles. The van der Waals surface area contributed by atoms with Crippen molar-refractivity contribution in [3.63, 3.8) is 0 Å². The number of rotatable bonds is 5. The summed E-state index contributed by atoms with van der Waals surface area (Å²) in [6.45, 7) is 3.64. The fourth-order valence-corrected chi connectivity index (χ4v) is 3.39. The van der Waals surface area contributed by atoms with Crippen LogP contribution in [0.1, 0.15) is 45.0 Å². The van der Waals surface area contributed by atoms with Crippen LogP contribution in [0, 0.1) is 6.92 Å². The largest absolute Gasteiger partial charge is 0.350 e. The maximum atomic E-state index is 12.2. The average Bonchev–Trinajstić information content (AvgIpc) is 3.19. The molecule has 1 fully saturated rings.